The first-order valence-corrected chi connectivity index (χ1v) is 8.79. The van der Waals surface area contributed by atoms with Gasteiger partial charge in [0.15, 0.2) is 6.10 Å². The number of nitriles is 1. The lowest BCUT2D eigenvalue weighted by atomic mass is 9.99. The fourth-order valence-corrected chi connectivity index (χ4v) is 3.06. The Balaban J connectivity index is 2.67. The third kappa shape index (κ3) is 4.68. The lowest BCUT2D eigenvalue weighted by Crippen LogP contribution is -2.24. The molecule has 0 aliphatic rings. The monoisotopic (exact) mass is 381 g/mol. The van der Waals surface area contributed by atoms with Gasteiger partial charge in [0.2, 0.25) is 0 Å². The number of alkyl halides is 3. The SMILES string of the molecule is CCC(C)=Nc1cc(C(OCC#N)C(F)(F)F)cc(-c2nccs2)c1C. The van der Waals surface area contributed by atoms with Crippen molar-refractivity contribution in [2.75, 3.05) is 6.61 Å². The van der Waals surface area contributed by atoms with Crippen LogP contribution in [0, 0.1) is 18.3 Å². The third-order valence-corrected chi connectivity index (χ3v) is 4.61. The molecular weight excluding hydrogens is 363 g/mol. The lowest BCUT2D eigenvalue weighted by Gasteiger charge is -2.22. The van der Waals surface area contributed by atoms with Crippen LogP contribution in [0.4, 0.5) is 18.9 Å². The first-order valence-electron chi connectivity index (χ1n) is 7.91. The summed E-state index contributed by atoms with van der Waals surface area (Å²) in [6, 6.07) is 4.39. The van der Waals surface area contributed by atoms with Crippen molar-refractivity contribution in [2.45, 2.75) is 39.5 Å². The number of ether oxygens (including phenoxy) is 1. The molecule has 8 heteroatoms. The zero-order chi connectivity index (χ0) is 19.3. The van der Waals surface area contributed by atoms with Crippen LogP contribution in [0.15, 0.2) is 28.7 Å². The minimum atomic E-state index is -4.65. The third-order valence-electron chi connectivity index (χ3n) is 3.80. The van der Waals surface area contributed by atoms with Gasteiger partial charge in [-0.2, -0.15) is 18.4 Å². The molecule has 0 fully saturated rings. The summed E-state index contributed by atoms with van der Waals surface area (Å²) in [4.78, 5) is 8.67. The highest BCUT2D eigenvalue weighted by molar-refractivity contribution is 7.13. The Hall–Kier alpha value is -2.24. The fourth-order valence-electron chi connectivity index (χ4n) is 2.35. The second kappa shape index (κ2) is 8.43. The molecule has 4 nitrogen and oxygen atoms in total. The average molecular weight is 381 g/mol. The van der Waals surface area contributed by atoms with Crippen molar-refractivity contribution in [3.8, 4) is 16.6 Å². The molecule has 0 spiro atoms. The van der Waals surface area contributed by atoms with Crippen LogP contribution in [0.2, 0.25) is 0 Å². The van der Waals surface area contributed by atoms with Gasteiger partial charge in [-0.3, -0.25) is 4.99 Å². The highest BCUT2D eigenvalue weighted by Crippen LogP contribution is 2.41. The summed E-state index contributed by atoms with van der Waals surface area (Å²) in [5, 5.41) is 11.0. The first-order chi connectivity index (χ1) is 12.3. The van der Waals surface area contributed by atoms with Crippen molar-refractivity contribution >= 4 is 22.7 Å². The maximum Gasteiger partial charge on any atom is 0.418 e. The number of rotatable bonds is 6. The Morgan fingerprint density at radius 3 is 2.69 bits per heavy atom. The molecule has 1 aromatic heterocycles. The fraction of sp³-hybridized carbons (Fsp3) is 0.389. The van der Waals surface area contributed by atoms with Crippen molar-refractivity contribution in [3.63, 3.8) is 0 Å². The predicted molar refractivity (Wildman–Crippen MR) is 95.7 cm³/mol. The van der Waals surface area contributed by atoms with E-state index in [0.29, 0.717) is 22.7 Å². The number of nitrogens with zero attached hydrogens (tertiary/aromatic N) is 3. The Bertz CT molecular complexity index is 823. The highest BCUT2D eigenvalue weighted by Gasteiger charge is 2.42. The summed E-state index contributed by atoms with van der Waals surface area (Å²) < 4.78 is 45.2. The molecule has 0 saturated heterocycles. The second-order valence-electron chi connectivity index (χ2n) is 5.64. The molecule has 0 aliphatic carbocycles. The molecule has 1 atom stereocenters. The van der Waals surface area contributed by atoms with E-state index < -0.39 is 18.9 Å². The molecule has 138 valence electrons. The van der Waals surface area contributed by atoms with Gasteiger partial charge in [-0.15, -0.1) is 11.3 Å². The van der Waals surface area contributed by atoms with Crippen LogP contribution in [0.1, 0.15) is 37.5 Å². The van der Waals surface area contributed by atoms with Gasteiger partial charge in [-0.25, -0.2) is 4.98 Å². The van der Waals surface area contributed by atoms with Crippen LogP contribution in [0.5, 0.6) is 0 Å². The number of halogens is 3. The molecule has 1 aromatic carbocycles. The number of thiazole rings is 1. The van der Waals surface area contributed by atoms with Gasteiger partial charge in [0.1, 0.15) is 11.6 Å². The first kappa shape index (κ1) is 20.1. The van der Waals surface area contributed by atoms with E-state index in [1.165, 1.54) is 23.5 Å². The zero-order valence-electron chi connectivity index (χ0n) is 14.6. The molecule has 2 rings (SSSR count). The number of aliphatic imine (C=N–C) groups is 1. The Labute approximate surface area is 154 Å². The van der Waals surface area contributed by atoms with Crippen LogP contribution in [-0.2, 0) is 4.74 Å². The van der Waals surface area contributed by atoms with Crippen LogP contribution < -0.4 is 0 Å². The van der Waals surface area contributed by atoms with E-state index in [1.54, 1.807) is 24.6 Å². The van der Waals surface area contributed by atoms with Crippen LogP contribution in [0.3, 0.4) is 0 Å². The van der Waals surface area contributed by atoms with Gasteiger partial charge < -0.3 is 4.74 Å². The van der Waals surface area contributed by atoms with Crippen molar-refractivity contribution < 1.29 is 17.9 Å². The van der Waals surface area contributed by atoms with Crippen LogP contribution in [0.25, 0.3) is 10.6 Å². The maximum atomic E-state index is 13.5. The van der Waals surface area contributed by atoms with Gasteiger partial charge >= 0.3 is 6.18 Å². The van der Waals surface area contributed by atoms with E-state index in [1.807, 2.05) is 13.8 Å². The quantitative estimate of drug-likeness (QED) is 0.597. The van der Waals surface area contributed by atoms with E-state index in [2.05, 4.69) is 9.98 Å². The van der Waals surface area contributed by atoms with Crippen LogP contribution in [-0.4, -0.2) is 23.5 Å². The minimum Gasteiger partial charge on any atom is -0.349 e. The molecule has 0 bridgehead atoms. The molecule has 0 aliphatic heterocycles. The zero-order valence-corrected chi connectivity index (χ0v) is 15.4. The summed E-state index contributed by atoms with van der Waals surface area (Å²) in [6.07, 6.45) is -4.56. The van der Waals surface area contributed by atoms with Gasteiger partial charge in [0, 0.05) is 22.9 Å². The normalized spacial score (nSPS) is 13.5. The summed E-state index contributed by atoms with van der Waals surface area (Å²) in [6.45, 7) is 4.90. The van der Waals surface area contributed by atoms with E-state index in [0.717, 1.165) is 11.3 Å². The Morgan fingerprint density at radius 2 is 2.15 bits per heavy atom. The number of hydrogen-bond donors (Lipinski definition) is 0. The summed E-state index contributed by atoms with van der Waals surface area (Å²) in [5.41, 5.74) is 2.48. The Kier molecular flexibility index (Phi) is 6.51. The molecule has 1 unspecified atom stereocenters. The van der Waals surface area contributed by atoms with Crippen molar-refractivity contribution in [1.29, 1.82) is 5.26 Å². The van der Waals surface area contributed by atoms with Crippen molar-refractivity contribution in [1.82, 2.24) is 4.98 Å². The molecule has 0 amide bonds. The van der Waals surface area contributed by atoms with Gasteiger partial charge in [-0.1, -0.05) is 6.92 Å². The smallest absolute Gasteiger partial charge is 0.349 e. The van der Waals surface area contributed by atoms with E-state index >= 15 is 0 Å². The van der Waals surface area contributed by atoms with Crippen LogP contribution >= 0.6 is 11.3 Å². The lowest BCUT2D eigenvalue weighted by molar-refractivity contribution is -0.220. The largest absolute Gasteiger partial charge is 0.418 e. The predicted octanol–water partition coefficient (Wildman–Crippen LogP) is 5.76. The minimum absolute atomic E-state index is 0.0915. The molecule has 1 heterocycles. The van der Waals surface area contributed by atoms with E-state index in [-0.39, 0.29) is 5.56 Å². The number of aromatic nitrogens is 1. The van der Waals surface area contributed by atoms with Gasteiger partial charge in [0.25, 0.3) is 0 Å². The Morgan fingerprint density at radius 1 is 1.42 bits per heavy atom. The topological polar surface area (TPSA) is 58.3 Å². The summed E-state index contributed by atoms with van der Waals surface area (Å²) >= 11 is 1.34. The molecular formula is C18H18F3N3OS. The average Bonchev–Trinajstić information content (AvgIpc) is 3.10. The van der Waals surface area contributed by atoms with E-state index in [9.17, 15) is 13.2 Å². The molecule has 0 saturated carbocycles. The summed E-state index contributed by atoms with van der Waals surface area (Å²) in [5.74, 6) is 0. The van der Waals surface area contributed by atoms with Crippen molar-refractivity contribution in [3.05, 3.63) is 34.8 Å². The maximum absolute atomic E-state index is 13.5. The molecule has 2 aromatic rings. The van der Waals surface area contributed by atoms with E-state index in [4.69, 9.17) is 10.00 Å². The van der Waals surface area contributed by atoms with Crippen molar-refractivity contribution in [2.24, 2.45) is 4.99 Å². The standard InChI is InChI=1S/C18H18F3N3OS/c1-4-11(2)24-15-10-13(16(18(19,20)21)25-7-5-22)9-14(12(15)3)17-23-6-8-26-17/h6,8-10,16H,4,7H2,1-3H3. The van der Waals surface area contributed by atoms with Gasteiger partial charge in [0.05, 0.1) is 11.8 Å². The second-order valence-corrected chi connectivity index (χ2v) is 6.54. The number of benzene rings is 1. The highest BCUT2D eigenvalue weighted by atomic mass is 32.1. The number of hydrogen-bond acceptors (Lipinski definition) is 5. The van der Waals surface area contributed by atoms with Gasteiger partial charge in [-0.05, 0) is 43.5 Å². The molecule has 0 N–H and O–H groups in total. The molecule has 26 heavy (non-hydrogen) atoms. The summed E-state index contributed by atoms with van der Waals surface area (Å²) in [7, 11) is 0. The molecule has 0 radical (unpaired) electrons.